The molecule has 1 heterocycles. The number of carboxylic acid groups (broad SMARTS) is 1. The number of amides is 1. The number of nitrogens with one attached hydrogen (secondary N) is 1. The van der Waals surface area contributed by atoms with Crippen molar-refractivity contribution < 1.29 is 99.2 Å². The average Bonchev–Trinajstić information content (AvgIpc) is 3.14. The summed E-state index contributed by atoms with van der Waals surface area (Å²) in [7, 11) is -4.78. The van der Waals surface area contributed by atoms with Gasteiger partial charge >= 0.3 is 71.1 Å². The molecule has 12 heteroatoms. The van der Waals surface area contributed by atoms with Crippen LogP contribution in [0.1, 0.15) is 93.2 Å². The van der Waals surface area contributed by atoms with Crippen molar-refractivity contribution in [1.29, 1.82) is 0 Å². The van der Waals surface area contributed by atoms with Crippen LogP contribution in [0.2, 0.25) is 0 Å². The predicted octanol–water partition coefficient (Wildman–Crippen LogP) is -2.69. The molecule has 0 radical (unpaired) electrons. The summed E-state index contributed by atoms with van der Waals surface area (Å²) < 4.78 is 35.6. The zero-order chi connectivity index (χ0) is 22.8. The van der Waals surface area contributed by atoms with Crippen molar-refractivity contribution in [3.63, 3.8) is 0 Å². The van der Waals surface area contributed by atoms with Crippen LogP contribution >= 0.6 is 0 Å². The first-order valence-electron chi connectivity index (χ1n) is 10.8. The van der Waals surface area contributed by atoms with Crippen molar-refractivity contribution in [1.82, 2.24) is 5.32 Å². The molecule has 0 aromatic heterocycles. The number of rotatable bonds is 15. The van der Waals surface area contributed by atoms with E-state index in [1.54, 1.807) is 0 Å². The van der Waals surface area contributed by atoms with E-state index in [9.17, 15) is 22.8 Å². The van der Waals surface area contributed by atoms with Crippen molar-refractivity contribution in [3.05, 3.63) is 0 Å². The molecule has 1 unspecified atom stereocenters. The van der Waals surface area contributed by atoms with Crippen LogP contribution in [0.4, 0.5) is 0 Å². The monoisotopic (exact) mass is 499 g/mol. The topological polar surface area (TPSA) is 147 Å². The first-order valence-corrected chi connectivity index (χ1v) is 12.3. The summed E-state index contributed by atoms with van der Waals surface area (Å²) in [6, 6.07) is 0. The van der Waals surface area contributed by atoms with Crippen molar-refractivity contribution in [2.24, 2.45) is 0 Å². The summed E-state index contributed by atoms with van der Waals surface area (Å²) in [5.74, 6) is -2.50. The minimum Gasteiger partial charge on any atom is -1.00 e. The average molecular weight is 500 g/mol. The largest absolute Gasteiger partial charge is 1.00 e. The van der Waals surface area contributed by atoms with Crippen LogP contribution in [0.15, 0.2) is 0 Å². The second-order valence-corrected chi connectivity index (χ2v) is 9.00. The quantitative estimate of drug-likeness (QED) is 0.0956. The molecule has 0 saturated carbocycles. The molecule has 1 saturated heterocycles. The molecule has 9 nitrogen and oxygen atoms in total. The van der Waals surface area contributed by atoms with E-state index < -0.39 is 33.7 Å². The maximum absolute atomic E-state index is 11.6. The number of esters is 1. The van der Waals surface area contributed by atoms with Gasteiger partial charge in [0.05, 0.1) is 13.0 Å². The molecular weight excluding hydrogens is 460 g/mol. The molecule has 1 aliphatic rings. The minimum atomic E-state index is -4.78. The second-order valence-electron chi connectivity index (χ2n) is 7.40. The van der Waals surface area contributed by atoms with Gasteiger partial charge in [-0.05, 0) is 12.8 Å². The van der Waals surface area contributed by atoms with Gasteiger partial charge in [0.25, 0.3) is 10.1 Å². The Morgan fingerprint density at radius 1 is 1.03 bits per heavy atom. The Morgan fingerprint density at radius 3 is 1.88 bits per heavy atom. The van der Waals surface area contributed by atoms with Crippen molar-refractivity contribution in [2.75, 3.05) is 13.2 Å². The number of unbranched alkanes of at least 4 members (excludes halogenated alkanes) is 9. The Kier molecular flexibility index (Phi) is 26.6. The molecule has 1 fully saturated rings. The van der Waals surface area contributed by atoms with Crippen molar-refractivity contribution in [2.45, 2.75) is 95.6 Å². The molecule has 1 amide bonds. The number of carbonyl (C=O) groups excluding carboxylic acids is 2. The Bertz CT molecular complexity index is 620. The van der Waals surface area contributed by atoms with Gasteiger partial charge in [-0.15, -0.1) is 0 Å². The molecule has 32 heavy (non-hydrogen) atoms. The summed E-state index contributed by atoms with van der Waals surface area (Å²) in [6.07, 6.45) is 11.9. The van der Waals surface area contributed by atoms with Gasteiger partial charge in [0.2, 0.25) is 5.91 Å². The van der Waals surface area contributed by atoms with Gasteiger partial charge in [-0.1, -0.05) is 64.7 Å². The van der Waals surface area contributed by atoms with Crippen LogP contribution in [-0.4, -0.2) is 54.3 Å². The van der Waals surface area contributed by atoms with Gasteiger partial charge in [0.15, 0.2) is 5.25 Å². The van der Waals surface area contributed by atoms with Crippen LogP contribution in [0.25, 0.3) is 0 Å². The summed E-state index contributed by atoms with van der Waals surface area (Å²) in [5.41, 5.74) is 0. The van der Waals surface area contributed by atoms with Gasteiger partial charge in [0.1, 0.15) is 0 Å². The van der Waals surface area contributed by atoms with E-state index in [1.807, 2.05) is 0 Å². The van der Waals surface area contributed by atoms with Gasteiger partial charge < -0.3 is 18.0 Å². The number of hydrogen-bond acceptors (Lipinski definition) is 6. The number of hydrogen-bond donors (Lipinski definition) is 3. The van der Waals surface area contributed by atoms with Crippen molar-refractivity contribution >= 4 is 28.0 Å². The van der Waals surface area contributed by atoms with E-state index >= 15 is 0 Å². The normalized spacial score (nSPS) is 13.5. The van der Waals surface area contributed by atoms with Crippen molar-refractivity contribution in [3.8, 4) is 0 Å². The zero-order valence-electron chi connectivity index (χ0n) is 21.9. The SMILES string of the molecule is CCCCCCCCCCCCOC(=O)C(CC(=O)O)S(=O)(=O)O.O=C1CCCN1.[H-].[H-].[Na+].[Na+]. The number of ether oxygens (including phenoxy) is 1. The maximum atomic E-state index is 11.6. The van der Waals surface area contributed by atoms with E-state index in [4.69, 9.17) is 14.4 Å². The summed E-state index contributed by atoms with van der Waals surface area (Å²) in [4.78, 5) is 32.2. The van der Waals surface area contributed by atoms with Gasteiger partial charge in [-0.2, -0.15) is 8.42 Å². The first-order chi connectivity index (χ1) is 14.2. The van der Waals surface area contributed by atoms with Crippen LogP contribution in [0.3, 0.4) is 0 Å². The molecule has 0 aromatic rings. The minimum absolute atomic E-state index is 0. The molecule has 1 aliphatic heterocycles. The Morgan fingerprint density at radius 2 is 1.53 bits per heavy atom. The fourth-order valence-corrected chi connectivity index (χ4v) is 3.55. The summed E-state index contributed by atoms with van der Waals surface area (Å²) in [5, 5.41) is 9.20. The molecule has 180 valence electrons. The van der Waals surface area contributed by atoms with E-state index in [1.165, 1.54) is 38.5 Å². The third kappa shape index (κ3) is 22.1. The Balaban J connectivity index is -0.000000243. The first kappa shape index (κ1) is 36.9. The smallest absolute Gasteiger partial charge is 1.00 e. The standard InChI is InChI=1S/C16H30O7S.C4H7NO.2Na.2H/c1-2-3-4-5-6-7-8-9-10-11-12-23-16(19)14(13-15(17)18)24(20,21)22;6-4-2-1-3-5-4;;;;/h14H,2-13H2,1H3,(H,17,18)(H,20,21,22);1-3H2,(H,5,6);;;;/q;;2*+1;2*-1. The van der Waals surface area contributed by atoms with Crippen LogP contribution in [-0.2, 0) is 29.2 Å². The molecule has 3 N–H and O–H groups in total. The molecule has 0 bridgehead atoms. The zero-order valence-corrected chi connectivity index (χ0v) is 24.8. The number of carbonyl (C=O) groups is 3. The Labute approximate surface area is 239 Å². The molecular formula is C20H39NNa2O8S. The fraction of sp³-hybridized carbons (Fsp3) is 0.850. The van der Waals surface area contributed by atoms with Crippen LogP contribution in [0.5, 0.6) is 0 Å². The van der Waals surface area contributed by atoms with E-state index in [0.717, 1.165) is 38.6 Å². The molecule has 1 atom stereocenters. The fourth-order valence-electron chi connectivity index (χ4n) is 2.89. The van der Waals surface area contributed by atoms with Gasteiger partial charge in [0, 0.05) is 13.0 Å². The van der Waals surface area contributed by atoms with Gasteiger partial charge in [-0.25, -0.2) is 0 Å². The van der Waals surface area contributed by atoms with Crippen LogP contribution in [0, 0.1) is 0 Å². The molecule has 0 aromatic carbocycles. The predicted molar refractivity (Wildman–Crippen MR) is 115 cm³/mol. The molecule has 1 rings (SSSR count). The third-order valence-corrected chi connectivity index (χ3v) is 5.71. The van der Waals surface area contributed by atoms with E-state index in [0.29, 0.717) is 6.42 Å². The van der Waals surface area contributed by atoms with Gasteiger partial charge in [-0.3, -0.25) is 18.9 Å². The second kappa shape index (κ2) is 23.1. The number of aliphatic carboxylic acids is 1. The van der Waals surface area contributed by atoms with Crippen LogP contribution < -0.4 is 64.4 Å². The van der Waals surface area contributed by atoms with E-state index in [-0.39, 0.29) is 74.5 Å². The number of carboxylic acids is 1. The Hall–Kier alpha value is 0.320. The third-order valence-electron chi connectivity index (χ3n) is 4.63. The molecule has 0 aliphatic carbocycles. The maximum Gasteiger partial charge on any atom is 1.00 e. The summed E-state index contributed by atoms with van der Waals surface area (Å²) in [6.45, 7) is 3.10. The molecule has 0 spiro atoms. The van der Waals surface area contributed by atoms with E-state index in [2.05, 4.69) is 12.2 Å². The summed E-state index contributed by atoms with van der Waals surface area (Å²) >= 11 is 0.